The average Bonchev–Trinajstić information content (AvgIpc) is 2.90. The van der Waals surface area contributed by atoms with Gasteiger partial charge in [0.2, 0.25) is 0 Å². The van der Waals surface area contributed by atoms with Crippen LogP contribution in [0.15, 0.2) is 41.3 Å². The number of carbonyl (C=O) groups excluding carboxylic acids is 1. The number of ether oxygens (including phenoxy) is 1. The zero-order valence-corrected chi connectivity index (χ0v) is 14.6. The van der Waals surface area contributed by atoms with Gasteiger partial charge in [-0.2, -0.15) is 0 Å². The van der Waals surface area contributed by atoms with Crippen molar-refractivity contribution in [2.75, 3.05) is 11.6 Å². The van der Waals surface area contributed by atoms with Gasteiger partial charge in [-0.05, 0) is 48.7 Å². The molecule has 24 heavy (non-hydrogen) atoms. The van der Waals surface area contributed by atoms with E-state index in [4.69, 9.17) is 4.74 Å². The lowest BCUT2D eigenvalue weighted by molar-refractivity contribution is -0.122. The van der Waals surface area contributed by atoms with Gasteiger partial charge in [-0.15, -0.1) is 0 Å². The number of benzene rings is 2. The molecule has 0 fully saturated rings. The van der Waals surface area contributed by atoms with E-state index < -0.39 is 15.9 Å². The molecule has 126 valence electrons. The van der Waals surface area contributed by atoms with Crippen LogP contribution in [-0.4, -0.2) is 26.7 Å². The maximum atomic E-state index is 12.5. The van der Waals surface area contributed by atoms with Gasteiger partial charge in [0.1, 0.15) is 5.75 Å². The molecule has 1 unspecified atom stereocenters. The molecule has 5 nitrogen and oxygen atoms in total. The summed E-state index contributed by atoms with van der Waals surface area (Å²) >= 11 is 0. The Balaban J connectivity index is 1.81. The van der Waals surface area contributed by atoms with E-state index in [-0.39, 0.29) is 16.5 Å². The van der Waals surface area contributed by atoms with Gasteiger partial charge in [0.05, 0.1) is 10.6 Å². The molecule has 3 rings (SSSR count). The second-order valence-electron chi connectivity index (χ2n) is 6.11. The molecule has 1 N–H and O–H groups in total. The normalized spacial score (nSPS) is 16.4. The fraction of sp³-hybridized carbons (Fsp3) is 0.278. The van der Waals surface area contributed by atoms with Crippen LogP contribution in [0.2, 0.25) is 0 Å². The molecule has 2 aromatic carbocycles. The molecule has 0 aromatic heterocycles. The molecular weight excluding hydrogens is 326 g/mol. The summed E-state index contributed by atoms with van der Waals surface area (Å²) in [6.07, 6.45) is 0.934. The van der Waals surface area contributed by atoms with E-state index in [1.54, 1.807) is 18.2 Å². The van der Waals surface area contributed by atoms with Crippen molar-refractivity contribution in [3.8, 4) is 5.75 Å². The summed E-state index contributed by atoms with van der Waals surface area (Å²) in [6, 6.07) is 10.3. The highest BCUT2D eigenvalue weighted by Gasteiger charge is 2.30. The molecule has 1 aliphatic heterocycles. The fourth-order valence-corrected chi connectivity index (χ4v) is 3.61. The van der Waals surface area contributed by atoms with Gasteiger partial charge in [-0.25, -0.2) is 8.42 Å². The molecule has 1 amide bonds. The first-order valence-corrected chi connectivity index (χ1v) is 9.51. The molecule has 6 heteroatoms. The monoisotopic (exact) mass is 345 g/mol. The number of para-hydroxylation sites is 1. The van der Waals surface area contributed by atoms with E-state index in [2.05, 4.69) is 5.32 Å². The van der Waals surface area contributed by atoms with Crippen LogP contribution in [0.5, 0.6) is 5.75 Å². The van der Waals surface area contributed by atoms with Crippen molar-refractivity contribution in [3.63, 3.8) is 0 Å². The van der Waals surface area contributed by atoms with E-state index in [1.807, 2.05) is 26.0 Å². The second kappa shape index (κ2) is 5.94. The Morgan fingerprint density at radius 1 is 1.17 bits per heavy atom. The standard InChI is InChI=1S/C18H19NO4S/c1-11-8-13-10-16(23-15(13)9-12(11)2)18(20)19-14-6-4-5-7-17(14)24(3,21)22/h4-9,16H,10H2,1-3H3,(H,19,20). The van der Waals surface area contributed by atoms with E-state index in [0.29, 0.717) is 6.42 Å². The number of sulfone groups is 1. The zero-order valence-electron chi connectivity index (χ0n) is 13.8. The minimum atomic E-state index is -3.42. The minimum Gasteiger partial charge on any atom is -0.480 e. The lowest BCUT2D eigenvalue weighted by Gasteiger charge is -2.13. The van der Waals surface area contributed by atoms with Gasteiger partial charge >= 0.3 is 0 Å². The van der Waals surface area contributed by atoms with Gasteiger partial charge in [0.15, 0.2) is 15.9 Å². The first-order valence-electron chi connectivity index (χ1n) is 7.62. The number of nitrogens with one attached hydrogen (secondary N) is 1. The highest BCUT2D eigenvalue weighted by molar-refractivity contribution is 7.90. The third-order valence-corrected chi connectivity index (χ3v) is 5.34. The number of rotatable bonds is 3. The lowest BCUT2D eigenvalue weighted by Crippen LogP contribution is -2.31. The number of carbonyl (C=O) groups is 1. The maximum Gasteiger partial charge on any atom is 0.265 e. The van der Waals surface area contributed by atoms with Crippen LogP contribution in [0.25, 0.3) is 0 Å². The molecule has 2 aromatic rings. The molecule has 0 aliphatic carbocycles. The Morgan fingerprint density at radius 2 is 1.83 bits per heavy atom. The average molecular weight is 345 g/mol. The van der Waals surface area contributed by atoms with Gasteiger partial charge in [0, 0.05) is 12.7 Å². The quantitative estimate of drug-likeness (QED) is 0.928. The van der Waals surface area contributed by atoms with Crippen molar-refractivity contribution in [2.45, 2.75) is 31.3 Å². The SMILES string of the molecule is Cc1cc2c(cc1C)OC(C(=O)Nc1ccccc1S(C)(=O)=O)C2. The Kier molecular flexibility index (Phi) is 4.09. The predicted molar refractivity (Wildman–Crippen MR) is 92.2 cm³/mol. The van der Waals surface area contributed by atoms with Crippen molar-refractivity contribution in [2.24, 2.45) is 0 Å². The number of amides is 1. The van der Waals surface area contributed by atoms with Crippen LogP contribution in [0.1, 0.15) is 16.7 Å². The number of aryl methyl sites for hydroxylation is 2. The first-order chi connectivity index (χ1) is 11.3. The molecule has 0 saturated carbocycles. The number of hydrogen-bond acceptors (Lipinski definition) is 4. The van der Waals surface area contributed by atoms with Crippen molar-refractivity contribution in [1.29, 1.82) is 0 Å². The summed E-state index contributed by atoms with van der Waals surface area (Å²) < 4.78 is 29.4. The highest BCUT2D eigenvalue weighted by Crippen LogP contribution is 2.32. The van der Waals surface area contributed by atoms with Crippen molar-refractivity contribution in [1.82, 2.24) is 0 Å². The largest absolute Gasteiger partial charge is 0.480 e. The van der Waals surface area contributed by atoms with Crippen LogP contribution < -0.4 is 10.1 Å². The number of anilines is 1. The Labute approximate surface area is 141 Å². The predicted octanol–water partition coefficient (Wildman–Crippen LogP) is 2.65. The minimum absolute atomic E-state index is 0.0977. The topological polar surface area (TPSA) is 72.5 Å². The highest BCUT2D eigenvalue weighted by atomic mass is 32.2. The summed E-state index contributed by atoms with van der Waals surface area (Å²) in [5.41, 5.74) is 3.53. The third-order valence-electron chi connectivity index (χ3n) is 4.19. The fourth-order valence-electron chi connectivity index (χ4n) is 2.77. The Hall–Kier alpha value is -2.34. The summed E-state index contributed by atoms with van der Waals surface area (Å²) in [7, 11) is -3.42. The Bertz CT molecular complexity index is 888. The van der Waals surface area contributed by atoms with Crippen LogP contribution in [-0.2, 0) is 21.1 Å². The molecule has 0 bridgehead atoms. The lowest BCUT2D eigenvalue weighted by atomic mass is 10.0. The summed E-state index contributed by atoms with van der Waals surface area (Å²) in [6.45, 7) is 4.01. The molecule has 1 aliphatic rings. The van der Waals surface area contributed by atoms with E-state index in [9.17, 15) is 13.2 Å². The van der Waals surface area contributed by atoms with Crippen LogP contribution in [0, 0.1) is 13.8 Å². The van der Waals surface area contributed by atoms with Gasteiger partial charge < -0.3 is 10.1 Å². The van der Waals surface area contributed by atoms with Gasteiger partial charge in [0.25, 0.3) is 5.91 Å². The summed E-state index contributed by atoms with van der Waals surface area (Å²) in [4.78, 5) is 12.6. The first kappa shape index (κ1) is 16.5. The molecule has 1 heterocycles. The molecule has 1 atom stereocenters. The zero-order chi connectivity index (χ0) is 17.5. The van der Waals surface area contributed by atoms with E-state index >= 15 is 0 Å². The van der Waals surface area contributed by atoms with Crippen LogP contribution in [0.3, 0.4) is 0 Å². The van der Waals surface area contributed by atoms with Gasteiger partial charge in [-0.1, -0.05) is 18.2 Å². The summed E-state index contributed by atoms with van der Waals surface area (Å²) in [5, 5.41) is 2.68. The number of fused-ring (bicyclic) bond motifs is 1. The van der Waals surface area contributed by atoms with E-state index in [1.165, 1.54) is 6.07 Å². The van der Waals surface area contributed by atoms with Gasteiger partial charge in [-0.3, -0.25) is 4.79 Å². The third kappa shape index (κ3) is 3.14. The smallest absolute Gasteiger partial charge is 0.265 e. The summed E-state index contributed by atoms with van der Waals surface area (Å²) in [5.74, 6) is 0.368. The maximum absolute atomic E-state index is 12.5. The molecule has 0 radical (unpaired) electrons. The van der Waals surface area contributed by atoms with Crippen LogP contribution in [0.4, 0.5) is 5.69 Å². The second-order valence-corrected chi connectivity index (χ2v) is 8.10. The molecular formula is C18H19NO4S. The van der Waals surface area contributed by atoms with Crippen molar-refractivity contribution in [3.05, 3.63) is 53.1 Å². The van der Waals surface area contributed by atoms with Crippen molar-refractivity contribution >= 4 is 21.4 Å². The van der Waals surface area contributed by atoms with Crippen LogP contribution >= 0.6 is 0 Å². The van der Waals surface area contributed by atoms with Crippen molar-refractivity contribution < 1.29 is 17.9 Å². The molecule has 0 saturated heterocycles. The Morgan fingerprint density at radius 3 is 2.54 bits per heavy atom. The molecule has 0 spiro atoms. The van der Waals surface area contributed by atoms with E-state index in [0.717, 1.165) is 28.7 Å². The number of hydrogen-bond donors (Lipinski definition) is 1.